The summed E-state index contributed by atoms with van der Waals surface area (Å²) in [6, 6.07) is 29.2. The summed E-state index contributed by atoms with van der Waals surface area (Å²) in [5.41, 5.74) is -0.318. The SMILES string of the molecule is Cc1cn([C@H]2C[C@H](O)[C@@H](COC(c3ccccc3)(c3ccccc3)c3ccccc3)O2)c(=O)n(S(C)(=O)=O)c1=O. The van der Waals surface area contributed by atoms with Crippen molar-refractivity contribution < 1.29 is 23.0 Å². The van der Waals surface area contributed by atoms with Crippen LogP contribution in [0.25, 0.3) is 0 Å². The summed E-state index contributed by atoms with van der Waals surface area (Å²) < 4.78 is 38.5. The number of hydrogen-bond donors (Lipinski definition) is 1. The van der Waals surface area contributed by atoms with Crippen LogP contribution in [0.3, 0.4) is 0 Å². The van der Waals surface area contributed by atoms with E-state index in [1.807, 2.05) is 91.0 Å². The first-order valence-corrected chi connectivity index (χ1v) is 14.7. The highest BCUT2D eigenvalue weighted by Crippen LogP contribution is 2.41. The van der Waals surface area contributed by atoms with Crippen LogP contribution in [0, 0.1) is 6.92 Å². The van der Waals surface area contributed by atoms with Gasteiger partial charge in [-0.3, -0.25) is 9.36 Å². The Bertz CT molecular complexity index is 1610. The Morgan fingerprint density at radius 2 is 1.38 bits per heavy atom. The lowest BCUT2D eigenvalue weighted by Crippen LogP contribution is -2.45. The molecule has 1 saturated heterocycles. The molecule has 0 radical (unpaired) electrons. The molecule has 5 rings (SSSR count). The number of ether oxygens (including phenoxy) is 2. The summed E-state index contributed by atoms with van der Waals surface area (Å²) in [5.74, 6) is 0. The summed E-state index contributed by atoms with van der Waals surface area (Å²) in [6.45, 7) is 1.37. The number of aromatic nitrogens is 2. The van der Waals surface area contributed by atoms with Crippen LogP contribution >= 0.6 is 0 Å². The molecule has 1 aromatic heterocycles. The van der Waals surface area contributed by atoms with Crippen molar-refractivity contribution in [1.82, 2.24) is 8.54 Å². The zero-order chi connectivity index (χ0) is 28.5. The van der Waals surface area contributed by atoms with Crippen molar-refractivity contribution in [2.75, 3.05) is 12.9 Å². The van der Waals surface area contributed by atoms with E-state index in [1.165, 1.54) is 13.1 Å². The van der Waals surface area contributed by atoms with Gasteiger partial charge in [0.25, 0.3) is 5.56 Å². The van der Waals surface area contributed by atoms with Gasteiger partial charge in [0.15, 0.2) is 0 Å². The molecule has 0 saturated carbocycles. The number of rotatable bonds is 8. The van der Waals surface area contributed by atoms with Gasteiger partial charge in [-0.1, -0.05) is 91.0 Å². The van der Waals surface area contributed by atoms with E-state index in [1.54, 1.807) is 0 Å². The van der Waals surface area contributed by atoms with Crippen molar-refractivity contribution >= 4 is 10.0 Å². The molecule has 3 atom stereocenters. The van der Waals surface area contributed by atoms with E-state index in [9.17, 15) is 23.1 Å². The Morgan fingerprint density at radius 3 is 1.82 bits per heavy atom. The van der Waals surface area contributed by atoms with Gasteiger partial charge in [0, 0.05) is 18.2 Å². The fraction of sp³-hybridized carbons (Fsp3) is 0.267. The predicted molar refractivity (Wildman–Crippen MR) is 150 cm³/mol. The molecule has 0 amide bonds. The minimum absolute atomic E-state index is 0.00432. The van der Waals surface area contributed by atoms with E-state index in [0.29, 0.717) is 0 Å². The van der Waals surface area contributed by atoms with Crippen LogP contribution in [0.15, 0.2) is 107 Å². The molecule has 1 aliphatic heterocycles. The topological polar surface area (TPSA) is 117 Å². The van der Waals surface area contributed by atoms with Crippen molar-refractivity contribution in [3.8, 4) is 0 Å². The molecule has 9 nitrogen and oxygen atoms in total. The van der Waals surface area contributed by atoms with Crippen LogP contribution in [0.2, 0.25) is 0 Å². The normalized spacial score (nSPS) is 19.5. The summed E-state index contributed by atoms with van der Waals surface area (Å²) in [7, 11) is -4.16. The number of benzene rings is 3. The third-order valence-electron chi connectivity index (χ3n) is 7.10. The smallest absolute Gasteiger partial charge is 0.347 e. The second-order valence-corrected chi connectivity index (χ2v) is 11.7. The summed E-state index contributed by atoms with van der Waals surface area (Å²) in [5, 5.41) is 11.0. The van der Waals surface area contributed by atoms with Gasteiger partial charge in [-0.25, -0.2) is 13.2 Å². The number of aryl methyl sites for hydroxylation is 1. The number of aliphatic hydroxyl groups excluding tert-OH is 1. The molecule has 10 heteroatoms. The third-order valence-corrected chi connectivity index (χ3v) is 8.09. The predicted octanol–water partition coefficient (Wildman–Crippen LogP) is 2.78. The number of nitrogens with zero attached hydrogens (tertiary/aromatic N) is 2. The van der Waals surface area contributed by atoms with E-state index in [2.05, 4.69) is 0 Å². The van der Waals surface area contributed by atoms with Gasteiger partial charge < -0.3 is 14.6 Å². The van der Waals surface area contributed by atoms with Crippen LogP contribution < -0.4 is 11.2 Å². The molecule has 0 unspecified atom stereocenters. The van der Waals surface area contributed by atoms with Crippen LogP contribution in [0.1, 0.15) is 34.9 Å². The monoisotopic (exact) mass is 562 g/mol. The molecule has 1 fully saturated rings. The minimum Gasteiger partial charge on any atom is -0.390 e. The van der Waals surface area contributed by atoms with Crippen LogP contribution in [-0.2, 0) is 25.1 Å². The van der Waals surface area contributed by atoms with Gasteiger partial charge >= 0.3 is 5.69 Å². The Morgan fingerprint density at radius 1 is 0.900 bits per heavy atom. The zero-order valence-corrected chi connectivity index (χ0v) is 22.9. The van der Waals surface area contributed by atoms with Crippen molar-refractivity contribution in [2.45, 2.75) is 37.4 Å². The second-order valence-electron chi connectivity index (χ2n) is 9.86. The van der Waals surface area contributed by atoms with Gasteiger partial charge in [0.05, 0.1) is 19.0 Å². The molecule has 40 heavy (non-hydrogen) atoms. The maximum atomic E-state index is 13.0. The molecule has 0 spiro atoms. The fourth-order valence-electron chi connectivity index (χ4n) is 5.18. The molecule has 208 valence electrons. The lowest BCUT2D eigenvalue weighted by molar-refractivity contribution is -0.0945. The molecule has 0 bridgehead atoms. The van der Waals surface area contributed by atoms with Gasteiger partial charge in [-0.15, -0.1) is 0 Å². The molecule has 2 heterocycles. The van der Waals surface area contributed by atoms with Crippen molar-refractivity contribution in [2.24, 2.45) is 0 Å². The first kappa shape index (κ1) is 27.7. The van der Waals surface area contributed by atoms with Crippen LogP contribution in [0.5, 0.6) is 0 Å². The molecule has 1 aliphatic rings. The lowest BCUT2D eigenvalue weighted by Gasteiger charge is -2.37. The average molecular weight is 563 g/mol. The summed E-state index contributed by atoms with van der Waals surface area (Å²) in [4.78, 5) is 25.4. The quantitative estimate of drug-likeness (QED) is 0.328. The number of hydrogen-bond acceptors (Lipinski definition) is 7. The zero-order valence-electron chi connectivity index (χ0n) is 22.1. The largest absolute Gasteiger partial charge is 0.390 e. The maximum Gasteiger partial charge on any atom is 0.347 e. The Labute approximate surface area is 231 Å². The first-order chi connectivity index (χ1) is 19.1. The summed E-state index contributed by atoms with van der Waals surface area (Å²) in [6.07, 6.45) is -0.804. The van der Waals surface area contributed by atoms with E-state index < -0.39 is 45.3 Å². The van der Waals surface area contributed by atoms with Gasteiger partial charge in [-0.2, -0.15) is 3.97 Å². The standard InChI is InChI=1S/C30H30N2O7S/c1-21-19-31(29(35)32(28(21)34)40(2,36)37)27-18-25(33)26(39-27)20-38-30(22-12-6-3-7-13-22,23-14-8-4-9-15-23)24-16-10-5-11-17-24/h3-17,19,25-27,33H,18,20H2,1-2H3/t25-,26+,27+/m0/s1. The highest BCUT2D eigenvalue weighted by Gasteiger charge is 2.42. The van der Waals surface area contributed by atoms with E-state index in [-0.39, 0.29) is 22.6 Å². The van der Waals surface area contributed by atoms with E-state index in [0.717, 1.165) is 27.5 Å². The van der Waals surface area contributed by atoms with Gasteiger partial charge in [0.2, 0.25) is 10.0 Å². The first-order valence-electron chi connectivity index (χ1n) is 12.8. The van der Waals surface area contributed by atoms with Gasteiger partial charge in [-0.05, 0) is 23.6 Å². The molecule has 4 aromatic rings. The van der Waals surface area contributed by atoms with Crippen LogP contribution in [-0.4, -0.2) is 47.1 Å². The Balaban J connectivity index is 1.52. The Hall–Kier alpha value is -3.83. The minimum atomic E-state index is -4.16. The van der Waals surface area contributed by atoms with Crippen molar-refractivity contribution in [3.05, 3.63) is 140 Å². The third kappa shape index (κ3) is 5.06. The van der Waals surface area contributed by atoms with E-state index in [4.69, 9.17) is 9.47 Å². The maximum absolute atomic E-state index is 13.0. The lowest BCUT2D eigenvalue weighted by atomic mass is 9.80. The fourth-order valence-corrected chi connectivity index (χ4v) is 6.00. The highest BCUT2D eigenvalue weighted by atomic mass is 32.2. The molecular formula is C30H30N2O7S. The van der Waals surface area contributed by atoms with Crippen LogP contribution in [0.4, 0.5) is 0 Å². The van der Waals surface area contributed by atoms with Crippen molar-refractivity contribution in [1.29, 1.82) is 0 Å². The highest BCUT2D eigenvalue weighted by molar-refractivity contribution is 7.89. The van der Waals surface area contributed by atoms with E-state index >= 15 is 0 Å². The molecular weight excluding hydrogens is 532 g/mol. The molecule has 0 aliphatic carbocycles. The average Bonchev–Trinajstić information content (AvgIpc) is 3.32. The number of aliphatic hydroxyl groups is 1. The summed E-state index contributed by atoms with van der Waals surface area (Å²) >= 11 is 0. The second kappa shape index (κ2) is 11.0. The van der Waals surface area contributed by atoms with Crippen molar-refractivity contribution in [3.63, 3.8) is 0 Å². The Kier molecular flexibility index (Phi) is 7.61. The molecule has 3 aromatic carbocycles. The van der Waals surface area contributed by atoms with Gasteiger partial charge in [0.1, 0.15) is 17.9 Å². The molecule has 1 N–H and O–H groups in total.